The van der Waals surface area contributed by atoms with E-state index < -0.39 is 0 Å². The largest absolute Gasteiger partial charge is 0.374 e. The number of ether oxygens (including phenoxy) is 1. The van der Waals surface area contributed by atoms with Crippen molar-refractivity contribution in [2.75, 3.05) is 6.61 Å². The van der Waals surface area contributed by atoms with E-state index in [4.69, 9.17) is 4.74 Å². The van der Waals surface area contributed by atoms with Crippen molar-refractivity contribution in [1.82, 2.24) is 0 Å². The summed E-state index contributed by atoms with van der Waals surface area (Å²) < 4.78 is 6.85. The van der Waals surface area contributed by atoms with Crippen LogP contribution >= 0.6 is 22.6 Å². The highest BCUT2D eigenvalue weighted by Crippen LogP contribution is 2.26. The van der Waals surface area contributed by atoms with Crippen LogP contribution < -0.4 is 0 Å². The Hall–Kier alpha value is -0.350. The lowest BCUT2D eigenvalue weighted by molar-refractivity contribution is 0.152. The van der Waals surface area contributed by atoms with Crippen LogP contribution in [0.5, 0.6) is 0 Å². The molecule has 1 unspecified atom stereocenters. The van der Waals surface area contributed by atoms with Crippen LogP contribution in [-0.2, 0) is 4.74 Å². The molecule has 1 aromatic rings. The van der Waals surface area contributed by atoms with E-state index in [0.717, 1.165) is 25.0 Å². The van der Waals surface area contributed by atoms with Crippen LogP contribution in [0.3, 0.4) is 0 Å². The first-order valence-electron chi connectivity index (χ1n) is 4.84. The molecule has 0 N–H and O–H groups in total. The van der Waals surface area contributed by atoms with Gasteiger partial charge < -0.3 is 4.74 Å². The van der Waals surface area contributed by atoms with E-state index in [9.17, 15) is 0 Å². The van der Waals surface area contributed by atoms with Crippen molar-refractivity contribution in [3.8, 4) is 0 Å². The second-order valence-corrected chi connectivity index (χ2v) is 4.78. The summed E-state index contributed by atoms with van der Waals surface area (Å²) in [6.07, 6.45) is 2.52. The zero-order chi connectivity index (χ0) is 9.97. The Kier molecular flexibility index (Phi) is 3.23. The van der Waals surface area contributed by atoms with Gasteiger partial charge >= 0.3 is 0 Å². The maximum Gasteiger partial charge on any atom is 0.0825 e. The van der Waals surface area contributed by atoms with Gasteiger partial charge in [0.15, 0.2) is 0 Å². The minimum Gasteiger partial charge on any atom is -0.374 e. The molecule has 1 aliphatic rings. The molecule has 1 aliphatic heterocycles. The predicted molar refractivity (Wildman–Crippen MR) is 67.2 cm³/mol. The lowest BCUT2D eigenvalue weighted by Crippen LogP contribution is -2.06. The zero-order valence-electron chi connectivity index (χ0n) is 8.00. The average Bonchev–Trinajstić information content (AvgIpc) is 2.71. The standard InChI is InChI=1S/C12H13IO/c1-9(12-3-2-8-14-12)10-4-6-11(13)7-5-10/h4-7,12H,1-3,8H2. The van der Waals surface area contributed by atoms with Gasteiger partial charge in [0.05, 0.1) is 6.10 Å². The monoisotopic (exact) mass is 300 g/mol. The summed E-state index contributed by atoms with van der Waals surface area (Å²) in [6, 6.07) is 8.45. The third-order valence-corrected chi connectivity index (χ3v) is 3.25. The van der Waals surface area contributed by atoms with Crippen molar-refractivity contribution < 1.29 is 4.74 Å². The first-order chi connectivity index (χ1) is 6.77. The van der Waals surface area contributed by atoms with Gasteiger partial charge in [0.25, 0.3) is 0 Å². The molecule has 14 heavy (non-hydrogen) atoms. The second-order valence-electron chi connectivity index (χ2n) is 3.53. The molecule has 1 heterocycles. The molecule has 0 aliphatic carbocycles. The molecule has 1 atom stereocenters. The van der Waals surface area contributed by atoms with Gasteiger partial charge in [-0.2, -0.15) is 0 Å². The van der Waals surface area contributed by atoms with Crippen molar-refractivity contribution in [2.24, 2.45) is 0 Å². The Morgan fingerprint density at radius 1 is 1.36 bits per heavy atom. The van der Waals surface area contributed by atoms with Gasteiger partial charge in [0.2, 0.25) is 0 Å². The van der Waals surface area contributed by atoms with Crippen LogP contribution in [-0.4, -0.2) is 12.7 Å². The van der Waals surface area contributed by atoms with Crippen LogP contribution in [0.15, 0.2) is 30.8 Å². The van der Waals surface area contributed by atoms with E-state index >= 15 is 0 Å². The predicted octanol–water partition coefficient (Wildman–Crippen LogP) is 3.48. The molecule has 1 saturated heterocycles. The third-order valence-electron chi connectivity index (χ3n) is 2.53. The maximum atomic E-state index is 5.60. The Balaban J connectivity index is 2.14. The first kappa shape index (κ1) is 10.2. The smallest absolute Gasteiger partial charge is 0.0825 e. The van der Waals surface area contributed by atoms with Gasteiger partial charge in [-0.15, -0.1) is 0 Å². The highest BCUT2D eigenvalue weighted by Gasteiger charge is 2.19. The summed E-state index contributed by atoms with van der Waals surface area (Å²) in [7, 11) is 0. The van der Waals surface area contributed by atoms with Crippen molar-refractivity contribution in [1.29, 1.82) is 0 Å². The first-order valence-corrected chi connectivity index (χ1v) is 5.91. The minimum absolute atomic E-state index is 0.245. The number of hydrogen-bond donors (Lipinski definition) is 0. The summed E-state index contributed by atoms with van der Waals surface area (Å²) in [4.78, 5) is 0. The number of hydrogen-bond acceptors (Lipinski definition) is 1. The van der Waals surface area contributed by atoms with Crippen LogP contribution in [0.2, 0.25) is 0 Å². The molecule has 1 aromatic carbocycles. The fourth-order valence-electron chi connectivity index (χ4n) is 1.70. The van der Waals surface area contributed by atoms with Crippen molar-refractivity contribution in [3.63, 3.8) is 0 Å². The molecule has 74 valence electrons. The Morgan fingerprint density at radius 2 is 2.07 bits per heavy atom. The van der Waals surface area contributed by atoms with E-state index in [-0.39, 0.29) is 6.10 Å². The lowest BCUT2D eigenvalue weighted by atomic mass is 10.0. The van der Waals surface area contributed by atoms with Crippen LogP contribution in [0, 0.1) is 3.57 Å². The van der Waals surface area contributed by atoms with E-state index in [1.807, 2.05) is 0 Å². The van der Waals surface area contributed by atoms with Gasteiger partial charge in [-0.1, -0.05) is 18.7 Å². The van der Waals surface area contributed by atoms with E-state index in [1.165, 1.54) is 9.13 Å². The van der Waals surface area contributed by atoms with Crippen LogP contribution in [0.1, 0.15) is 18.4 Å². The van der Waals surface area contributed by atoms with E-state index in [1.54, 1.807) is 0 Å². The fourth-order valence-corrected chi connectivity index (χ4v) is 2.06. The molecule has 0 spiro atoms. The Bertz CT molecular complexity index is 323. The highest BCUT2D eigenvalue weighted by molar-refractivity contribution is 14.1. The molecule has 0 aromatic heterocycles. The topological polar surface area (TPSA) is 9.23 Å². The summed E-state index contributed by atoms with van der Waals surface area (Å²) in [5.41, 5.74) is 2.33. The summed E-state index contributed by atoms with van der Waals surface area (Å²) in [5, 5.41) is 0. The molecule has 0 radical (unpaired) electrons. The molecule has 0 bridgehead atoms. The number of halogens is 1. The summed E-state index contributed by atoms with van der Waals surface area (Å²) in [5.74, 6) is 0. The fraction of sp³-hybridized carbons (Fsp3) is 0.333. The number of benzene rings is 1. The maximum absolute atomic E-state index is 5.60. The minimum atomic E-state index is 0.245. The number of rotatable bonds is 2. The average molecular weight is 300 g/mol. The molecule has 1 nitrogen and oxygen atoms in total. The summed E-state index contributed by atoms with van der Waals surface area (Å²) in [6.45, 7) is 4.99. The van der Waals surface area contributed by atoms with Gasteiger partial charge in [-0.3, -0.25) is 0 Å². The SMILES string of the molecule is C=C(c1ccc(I)cc1)C1CCCO1. The zero-order valence-corrected chi connectivity index (χ0v) is 10.2. The molecular formula is C12H13IO. The second kappa shape index (κ2) is 4.45. The van der Waals surface area contributed by atoms with E-state index in [2.05, 4.69) is 53.4 Å². The molecular weight excluding hydrogens is 287 g/mol. The van der Waals surface area contributed by atoms with Crippen molar-refractivity contribution in [2.45, 2.75) is 18.9 Å². The molecule has 1 fully saturated rings. The highest BCUT2D eigenvalue weighted by atomic mass is 127. The van der Waals surface area contributed by atoms with Crippen LogP contribution in [0.25, 0.3) is 5.57 Å². The Labute approximate surface area is 98.3 Å². The quantitative estimate of drug-likeness (QED) is 0.760. The van der Waals surface area contributed by atoms with Gasteiger partial charge in [0, 0.05) is 10.2 Å². The van der Waals surface area contributed by atoms with Crippen LogP contribution in [0.4, 0.5) is 0 Å². The summed E-state index contributed by atoms with van der Waals surface area (Å²) >= 11 is 2.31. The Morgan fingerprint density at radius 3 is 2.64 bits per heavy atom. The van der Waals surface area contributed by atoms with Crippen molar-refractivity contribution >= 4 is 28.2 Å². The van der Waals surface area contributed by atoms with Gasteiger partial charge in [-0.05, 0) is 58.7 Å². The lowest BCUT2D eigenvalue weighted by Gasteiger charge is -2.12. The van der Waals surface area contributed by atoms with E-state index in [0.29, 0.717) is 0 Å². The van der Waals surface area contributed by atoms with Gasteiger partial charge in [-0.25, -0.2) is 0 Å². The molecule has 0 amide bonds. The molecule has 0 saturated carbocycles. The van der Waals surface area contributed by atoms with Gasteiger partial charge in [0.1, 0.15) is 0 Å². The molecule has 2 rings (SSSR count). The molecule has 2 heteroatoms. The van der Waals surface area contributed by atoms with Crippen molar-refractivity contribution in [3.05, 3.63) is 40.0 Å². The third kappa shape index (κ3) is 2.17. The normalized spacial score (nSPS) is 21.1.